The SMILES string of the molecule is CC(C)CC(CC(=O)N1CCN(C)CC1)C(=O)N1CCC2C1C(=O)CN2C(=O)Cc1cccnc1. The van der Waals surface area contributed by atoms with Gasteiger partial charge in [0.25, 0.3) is 0 Å². The molecule has 0 bridgehead atoms. The molecule has 0 radical (unpaired) electrons. The maximum atomic E-state index is 13.7. The van der Waals surface area contributed by atoms with Gasteiger partial charge in [0.15, 0.2) is 5.78 Å². The fourth-order valence-electron chi connectivity index (χ4n) is 5.64. The summed E-state index contributed by atoms with van der Waals surface area (Å²) in [6.45, 7) is 7.60. The van der Waals surface area contributed by atoms with Crippen LogP contribution in [0.5, 0.6) is 0 Å². The molecule has 3 atom stereocenters. The van der Waals surface area contributed by atoms with Crippen LogP contribution in [0, 0.1) is 11.8 Å². The number of nitrogens with zero attached hydrogens (tertiary/aromatic N) is 5. The number of aromatic nitrogens is 1. The minimum absolute atomic E-state index is 0.0128. The molecule has 1 aromatic heterocycles. The van der Waals surface area contributed by atoms with Crippen LogP contribution in [0.3, 0.4) is 0 Å². The van der Waals surface area contributed by atoms with Gasteiger partial charge in [-0.1, -0.05) is 19.9 Å². The molecule has 3 unspecified atom stereocenters. The quantitative estimate of drug-likeness (QED) is 0.570. The van der Waals surface area contributed by atoms with Crippen molar-refractivity contribution in [3.05, 3.63) is 30.1 Å². The Kier molecular flexibility index (Phi) is 7.84. The monoisotopic (exact) mass is 483 g/mol. The molecule has 0 spiro atoms. The van der Waals surface area contributed by atoms with Gasteiger partial charge in [-0.15, -0.1) is 0 Å². The molecule has 1 aromatic rings. The van der Waals surface area contributed by atoms with Crippen molar-refractivity contribution in [1.82, 2.24) is 24.6 Å². The fourth-order valence-corrected chi connectivity index (χ4v) is 5.64. The highest BCUT2D eigenvalue weighted by atomic mass is 16.2. The first-order valence-electron chi connectivity index (χ1n) is 12.7. The van der Waals surface area contributed by atoms with E-state index in [1.807, 2.05) is 31.9 Å². The zero-order valence-electron chi connectivity index (χ0n) is 21.1. The van der Waals surface area contributed by atoms with Crippen LogP contribution in [-0.4, -0.2) is 106 Å². The predicted molar refractivity (Wildman–Crippen MR) is 130 cm³/mol. The highest BCUT2D eigenvalue weighted by Crippen LogP contribution is 2.33. The van der Waals surface area contributed by atoms with Crippen LogP contribution < -0.4 is 0 Å². The summed E-state index contributed by atoms with van der Waals surface area (Å²) in [4.78, 5) is 64.1. The van der Waals surface area contributed by atoms with E-state index in [9.17, 15) is 19.2 Å². The second-order valence-electron chi connectivity index (χ2n) is 10.6. The number of hydrogen-bond donors (Lipinski definition) is 0. The maximum Gasteiger partial charge on any atom is 0.227 e. The molecule has 0 aromatic carbocycles. The van der Waals surface area contributed by atoms with Gasteiger partial charge in [-0.05, 0) is 37.4 Å². The first kappa shape index (κ1) is 25.3. The summed E-state index contributed by atoms with van der Waals surface area (Å²) in [5.41, 5.74) is 0.804. The third-order valence-corrected chi connectivity index (χ3v) is 7.49. The lowest BCUT2D eigenvalue weighted by molar-refractivity contribution is -0.144. The molecule has 3 fully saturated rings. The predicted octanol–water partition coefficient (Wildman–Crippen LogP) is 0.831. The van der Waals surface area contributed by atoms with E-state index in [0.29, 0.717) is 32.5 Å². The Balaban J connectivity index is 1.43. The second kappa shape index (κ2) is 10.8. The lowest BCUT2D eigenvalue weighted by Crippen LogP contribution is -2.49. The molecule has 4 rings (SSSR count). The number of amides is 3. The first-order valence-corrected chi connectivity index (χ1v) is 12.7. The number of ketones is 1. The van der Waals surface area contributed by atoms with Crippen molar-refractivity contribution >= 4 is 23.5 Å². The lowest BCUT2D eigenvalue weighted by Gasteiger charge is -2.34. The number of Topliss-reactive ketones (excluding diaryl/α,β-unsaturated/α-hetero) is 1. The summed E-state index contributed by atoms with van der Waals surface area (Å²) < 4.78 is 0. The number of likely N-dealkylation sites (tertiary alicyclic amines) is 2. The summed E-state index contributed by atoms with van der Waals surface area (Å²) >= 11 is 0. The highest BCUT2D eigenvalue weighted by Gasteiger charge is 2.52. The molecule has 190 valence electrons. The van der Waals surface area contributed by atoms with E-state index < -0.39 is 12.0 Å². The lowest BCUT2D eigenvalue weighted by atomic mass is 9.91. The number of fused-ring (bicyclic) bond motifs is 1. The van der Waals surface area contributed by atoms with Crippen molar-refractivity contribution in [2.24, 2.45) is 11.8 Å². The van der Waals surface area contributed by atoms with Crippen LogP contribution in [0.4, 0.5) is 0 Å². The second-order valence-corrected chi connectivity index (χ2v) is 10.6. The Morgan fingerprint density at radius 2 is 1.80 bits per heavy atom. The van der Waals surface area contributed by atoms with E-state index in [4.69, 9.17) is 0 Å². The summed E-state index contributed by atoms with van der Waals surface area (Å²) in [6.07, 6.45) is 4.86. The summed E-state index contributed by atoms with van der Waals surface area (Å²) in [7, 11) is 2.04. The summed E-state index contributed by atoms with van der Waals surface area (Å²) in [6, 6.07) is 2.74. The van der Waals surface area contributed by atoms with Crippen LogP contribution in [0.1, 0.15) is 38.7 Å². The molecular formula is C26H37N5O4. The molecule has 3 aliphatic heterocycles. The van der Waals surface area contributed by atoms with Gasteiger partial charge in [0, 0.05) is 57.5 Å². The van der Waals surface area contributed by atoms with E-state index in [0.717, 1.165) is 18.7 Å². The molecule has 35 heavy (non-hydrogen) atoms. The Hall–Kier alpha value is -2.81. The molecule has 3 amide bonds. The maximum absolute atomic E-state index is 13.7. The molecule has 0 saturated carbocycles. The molecular weight excluding hydrogens is 446 g/mol. The van der Waals surface area contributed by atoms with Crippen molar-refractivity contribution in [3.8, 4) is 0 Å². The number of likely N-dealkylation sites (N-methyl/N-ethyl adjacent to an activating group) is 1. The Morgan fingerprint density at radius 1 is 1.06 bits per heavy atom. The average Bonchev–Trinajstić information content (AvgIpc) is 3.40. The topological polar surface area (TPSA) is 94.1 Å². The smallest absolute Gasteiger partial charge is 0.227 e. The van der Waals surface area contributed by atoms with Crippen molar-refractivity contribution in [1.29, 1.82) is 0 Å². The van der Waals surface area contributed by atoms with E-state index in [1.54, 1.807) is 28.3 Å². The Morgan fingerprint density at radius 3 is 2.46 bits per heavy atom. The van der Waals surface area contributed by atoms with Crippen molar-refractivity contribution in [3.63, 3.8) is 0 Å². The van der Waals surface area contributed by atoms with Crippen LogP contribution in [0.25, 0.3) is 0 Å². The molecule has 4 heterocycles. The number of piperazine rings is 1. The van der Waals surface area contributed by atoms with Crippen LogP contribution >= 0.6 is 0 Å². The van der Waals surface area contributed by atoms with Gasteiger partial charge in [0.1, 0.15) is 6.04 Å². The Bertz CT molecular complexity index is 944. The zero-order chi connectivity index (χ0) is 25.1. The molecule has 0 aliphatic carbocycles. The van der Waals surface area contributed by atoms with Crippen molar-refractivity contribution in [2.75, 3.05) is 46.3 Å². The molecule has 3 aliphatic rings. The van der Waals surface area contributed by atoms with Gasteiger partial charge < -0.3 is 19.6 Å². The standard InChI is InChI=1S/C26H37N5O4/c1-18(2)13-20(15-23(33)29-11-9-28(3)10-12-29)26(35)30-8-6-21-25(30)22(32)17-31(21)24(34)14-19-5-4-7-27-16-19/h4-5,7,16,18,20-21,25H,6,8-15,17H2,1-3H3. The van der Waals surface area contributed by atoms with Gasteiger partial charge in [0.05, 0.1) is 19.0 Å². The van der Waals surface area contributed by atoms with E-state index in [2.05, 4.69) is 9.88 Å². The minimum atomic E-state index is -0.603. The first-order chi connectivity index (χ1) is 16.7. The van der Waals surface area contributed by atoms with Gasteiger partial charge >= 0.3 is 0 Å². The van der Waals surface area contributed by atoms with E-state index >= 15 is 0 Å². The number of hydrogen-bond acceptors (Lipinski definition) is 6. The Labute approximate surface area is 207 Å². The van der Waals surface area contributed by atoms with Gasteiger partial charge in [-0.25, -0.2) is 0 Å². The number of carbonyl (C=O) groups excluding carboxylic acids is 4. The zero-order valence-corrected chi connectivity index (χ0v) is 21.1. The van der Waals surface area contributed by atoms with E-state index in [-0.39, 0.29) is 54.9 Å². The molecule has 0 N–H and O–H groups in total. The fraction of sp³-hybridized carbons (Fsp3) is 0.654. The average molecular weight is 484 g/mol. The normalized spacial score (nSPS) is 23.7. The number of pyridine rings is 1. The van der Waals surface area contributed by atoms with Crippen LogP contribution in [-0.2, 0) is 25.6 Å². The minimum Gasteiger partial charge on any atom is -0.340 e. The highest BCUT2D eigenvalue weighted by molar-refractivity contribution is 5.98. The largest absolute Gasteiger partial charge is 0.340 e. The van der Waals surface area contributed by atoms with Crippen LogP contribution in [0.2, 0.25) is 0 Å². The van der Waals surface area contributed by atoms with Crippen molar-refractivity contribution < 1.29 is 19.2 Å². The van der Waals surface area contributed by atoms with Crippen molar-refractivity contribution in [2.45, 2.75) is 51.6 Å². The third-order valence-electron chi connectivity index (χ3n) is 7.49. The van der Waals surface area contributed by atoms with Gasteiger partial charge in [-0.2, -0.15) is 0 Å². The van der Waals surface area contributed by atoms with Gasteiger partial charge in [-0.3, -0.25) is 24.2 Å². The van der Waals surface area contributed by atoms with Crippen LogP contribution in [0.15, 0.2) is 24.5 Å². The molecule has 3 saturated heterocycles. The van der Waals surface area contributed by atoms with Gasteiger partial charge in [0.2, 0.25) is 17.7 Å². The molecule has 9 nitrogen and oxygen atoms in total. The number of carbonyl (C=O) groups is 4. The van der Waals surface area contributed by atoms with E-state index in [1.165, 1.54) is 0 Å². The molecule has 9 heteroatoms. The number of rotatable bonds is 7. The summed E-state index contributed by atoms with van der Waals surface area (Å²) in [5, 5.41) is 0. The third kappa shape index (κ3) is 5.72. The summed E-state index contributed by atoms with van der Waals surface area (Å²) in [5.74, 6) is -0.512.